The van der Waals surface area contributed by atoms with Crippen molar-refractivity contribution in [3.8, 4) is 0 Å². The third-order valence-corrected chi connectivity index (χ3v) is 3.19. The summed E-state index contributed by atoms with van der Waals surface area (Å²) < 4.78 is 0. The molecule has 3 nitrogen and oxygen atoms in total. The van der Waals surface area contributed by atoms with Crippen LogP contribution in [0.1, 0.15) is 27.2 Å². The van der Waals surface area contributed by atoms with Crippen molar-refractivity contribution in [2.75, 3.05) is 19.6 Å². The largest absolute Gasteiger partial charge is 0.392 e. The standard InChI is InChI=1S/C11H24N2O/c1-8(2)9(3)5-12-6-10-4-11(14)7-13-10/h8-14H,4-7H2,1-3H3. The van der Waals surface area contributed by atoms with Crippen LogP contribution in [0.3, 0.4) is 0 Å². The summed E-state index contributed by atoms with van der Waals surface area (Å²) in [4.78, 5) is 0. The zero-order chi connectivity index (χ0) is 10.6. The number of β-amino-alcohol motifs (C(OH)–C–C–N with tert-alkyl or cyclic N) is 1. The summed E-state index contributed by atoms with van der Waals surface area (Å²) >= 11 is 0. The van der Waals surface area contributed by atoms with E-state index in [9.17, 15) is 5.11 Å². The Morgan fingerprint density at radius 1 is 1.43 bits per heavy atom. The molecule has 3 N–H and O–H groups in total. The van der Waals surface area contributed by atoms with Gasteiger partial charge in [0, 0.05) is 19.1 Å². The zero-order valence-electron chi connectivity index (χ0n) is 9.59. The topological polar surface area (TPSA) is 44.3 Å². The third-order valence-electron chi connectivity index (χ3n) is 3.19. The van der Waals surface area contributed by atoms with E-state index in [0.717, 1.165) is 37.9 Å². The van der Waals surface area contributed by atoms with Gasteiger partial charge in [0.2, 0.25) is 0 Å². The number of rotatable bonds is 5. The van der Waals surface area contributed by atoms with Gasteiger partial charge in [-0.1, -0.05) is 20.8 Å². The molecule has 0 aliphatic carbocycles. The van der Waals surface area contributed by atoms with Crippen molar-refractivity contribution in [2.24, 2.45) is 11.8 Å². The van der Waals surface area contributed by atoms with Crippen LogP contribution in [0.25, 0.3) is 0 Å². The maximum absolute atomic E-state index is 9.31. The van der Waals surface area contributed by atoms with Gasteiger partial charge in [0.15, 0.2) is 0 Å². The second-order valence-corrected chi connectivity index (χ2v) is 4.87. The van der Waals surface area contributed by atoms with Gasteiger partial charge in [0.25, 0.3) is 0 Å². The van der Waals surface area contributed by atoms with Gasteiger partial charge in [-0.2, -0.15) is 0 Å². The molecule has 3 heteroatoms. The van der Waals surface area contributed by atoms with E-state index in [2.05, 4.69) is 31.4 Å². The van der Waals surface area contributed by atoms with E-state index in [4.69, 9.17) is 0 Å². The summed E-state index contributed by atoms with van der Waals surface area (Å²) in [6.07, 6.45) is 0.757. The Kier molecular flexibility index (Phi) is 4.85. The predicted molar refractivity (Wildman–Crippen MR) is 59.3 cm³/mol. The zero-order valence-corrected chi connectivity index (χ0v) is 9.59. The molecule has 84 valence electrons. The van der Waals surface area contributed by atoms with Gasteiger partial charge in [-0.3, -0.25) is 0 Å². The first-order valence-corrected chi connectivity index (χ1v) is 5.71. The Morgan fingerprint density at radius 2 is 2.14 bits per heavy atom. The number of hydrogen-bond donors (Lipinski definition) is 3. The van der Waals surface area contributed by atoms with Crippen LogP contribution in [0, 0.1) is 11.8 Å². The highest BCUT2D eigenvalue weighted by molar-refractivity contribution is 4.82. The number of nitrogens with one attached hydrogen (secondary N) is 2. The average Bonchev–Trinajstić information content (AvgIpc) is 2.51. The summed E-state index contributed by atoms with van der Waals surface area (Å²) in [7, 11) is 0. The molecule has 0 bridgehead atoms. The van der Waals surface area contributed by atoms with Crippen LogP contribution < -0.4 is 10.6 Å². The predicted octanol–water partition coefficient (Wildman–Crippen LogP) is 0.591. The van der Waals surface area contributed by atoms with Crippen molar-refractivity contribution < 1.29 is 5.11 Å². The number of aliphatic hydroxyl groups is 1. The molecule has 0 saturated carbocycles. The maximum Gasteiger partial charge on any atom is 0.0680 e. The molecule has 0 aromatic heterocycles. The summed E-state index contributed by atoms with van der Waals surface area (Å²) in [5.74, 6) is 1.46. The summed E-state index contributed by atoms with van der Waals surface area (Å²) in [6.45, 7) is 9.59. The number of aliphatic hydroxyl groups excluding tert-OH is 1. The monoisotopic (exact) mass is 200 g/mol. The van der Waals surface area contributed by atoms with Gasteiger partial charge in [-0.25, -0.2) is 0 Å². The lowest BCUT2D eigenvalue weighted by molar-refractivity contribution is 0.193. The highest BCUT2D eigenvalue weighted by Gasteiger charge is 2.21. The van der Waals surface area contributed by atoms with Crippen molar-refractivity contribution in [2.45, 2.75) is 39.3 Å². The summed E-state index contributed by atoms with van der Waals surface area (Å²) in [5.41, 5.74) is 0. The molecule has 0 amide bonds. The Labute approximate surface area is 87.3 Å². The van der Waals surface area contributed by atoms with Crippen LogP contribution in [0.15, 0.2) is 0 Å². The highest BCUT2D eigenvalue weighted by atomic mass is 16.3. The molecule has 1 heterocycles. The second kappa shape index (κ2) is 5.69. The molecule has 0 aromatic rings. The van der Waals surface area contributed by atoms with Crippen molar-refractivity contribution in [1.29, 1.82) is 0 Å². The van der Waals surface area contributed by atoms with Crippen molar-refractivity contribution >= 4 is 0 Å². The van der Waals surface area contributed by atoms with Gasteiger partial charge in [-0.15, -0.1) is 0 Å². The maximum atomic E-state index is 9.31. The van der Waals surface area contributed by atoms with Gasteiger partial charge >= 0.3 is 0 Å². The van der Waals surface area contributed by atoms with E-state index < -0.39 is 0 Å². The quantitative estimate of drug-likeness (QED) is 0.608. The summed E-state index contributed by atoms with van der Waals surface area (Å²) in [6, 6.07) is 0.462. The molecule has 1 rings (SSSR count). The molecular weight excluding hydrogens is 176 g/mol. The lowest BCUT2D eigenvalue weighted by atomic mass is 9.98. The Morgan fingerprint density at radius 3 is 2.64 bits per heavy atom. The molecule has 0 spiro atoms. The second-order valence-electron chi connectivity index (χ2n) is 4.87. The Hall–Kier alpha value is -0.120. The fourth-order valence-electron chi connectivity index (χ4n) is 1.67. The molecule has 0 aromatic carbocycles. The van der Waals surface area contributed by atoms with Gasteiger partial charge in [-0.05, 0) is 24.8 Å². The van der Waals surface area contributed by atoms with Gasteiger partial charge in [0.1, 0.15) is 0 Å². The van der Waals surface area contributed by atoms with Crippen LogP contribution >= 0.6 is 0 Å². The molecular formula is C11H24N2O. The molecule has 1 saturated heterocycles. The van der Waals surface area contributed by atoms with Crippen LogP contribution in [0.2, 0.25) is 0 Å². The van der Waals surface area contributed by atoms with Gasteiger partial charge < -0.3 is 15.7 Å². The molecule has 1 aliphatic heterocycles. The van der Waals surface area contributed by atoms with E-state index in [-0.39, 0.29) is 6.10 Å². The third kappa shape index (κ3) is 3.95. The Bertz CT molecular complexity index is 161. The molecule has 3 unspecified atom stereocenters. The molecule has 1 fully saturated rings. The van der Waals surface area contributed by atoms with Crippen molar-refractivity contribution in [1.82, 2.24) is 10.6 Å². The van der Waals surface area contributed by atoms with Crippen LogP contribution in [0.5, 0.6) is 0 Å². The molecule has 1 aliphatic rings. The van der Waals surface area contributed by atoms with Crippen LogP contribution in [-0.4, -0.2) is 36.9 Å². The lowest BCUT2D eigenvalue weighted by Gasteiger charge is -2.18. The minimum absolute atomic E-state index is 0.135. The first-order chi connectivity index (χ1) is 6.59. The first-order valence-electron chi connectivity index (χ1n) is 5.71. The van der Waals surface area contributed by atoms with Gasteiger partial charge in [0.05, 0.1) is 6.10 Å². The van der Waals surface area contributed by atoms with Crippen molar-refractivity contribution in [3.63, 3.8) is 0 Å². The smallest absolute Gasteiger partial charge is 0.0680 e. The normalized spacial score (nSPS) is 29.8. The van der Waals surface area contributed by atoms with E-state index in [1.165, 1.54) is 0 Å². The average molecular weight is 200 g/mol. The summed E-state index contributed by atoms with van der Waals surface area (Å²) in [5, 5.41) is 16.1. The molecule has 14 heavy (non-hydrogen) atoms. The molecule has 3 atom stereocenters. The minimum Gasteiger partial charge on any atom is -0.392 e. The first kappa shape index (κ1) is 12.0. The van der Waals surface area contributed by atoms with E-state index in [1.807, 2.05) is 0 Å². The lowest BCUT2D eigenvalue weighted by Crippen LogP contribution is -2.36. The molecule has 0 radical (unpaired) electrons. The highest BCUT2D eigenvalue weighted by Crippen LogP contribution is 2.08. The number of hydrogen-bond acceptors (Lipinski definition) is 3. The van der Waals surface area contributed by atoms with E-state index in [1.54, 1.807) is 0 Å². The minimum atomic E-state index is -0.135. The fourth-order valence-corrected chi connectivity index (χ4v) is 1.67. The van der Waals surface area contributed by atoms with E-state index in [0.29, 0.717) is 6.04 Å². The van der Waals surface area contributed by atoms with Crippen molar-refractivity contribution in [3.05, 3.63) is 0 Å². The Balaban J connectivity index is 2.04. The SMILES string of the molecule is CC(C)C(C)CNCC1CC(O)CN1. The van der Waals surface area contributed by atoms with Crippen LogP contribution in [-0.2, 0) is 0 Å². The van der Waals surface area contributed by atoms with E-state index >= 15 is 0 Å². The van der Waals surface area contributed by atoms with Crippen LogP contribution in [0.4, 0.5) is 0 Å². The fraction of sp³-hybridized carbons (Fsp3) is 1.00.